The van der Waals surface area contributed by atoms with E-state index in [0.29, 0.717) is 29.8 Å². The van der Waals surface area contributed by atoms with Crippen LogP contribution in [0.5, 0.6) is 0 Å². The molecule has 33 heavy (non-hydrogen) atoms. The van der Waals surface area contributed by atoms with Gasteiger partial charge in [0.05, 0.1) is 16.8 Å². The Hall–Kier alpha value is -4.45. The zero-order valence-corrected chi connectivity index (χ0v) is 17.8. The highest BCUT2D eigenvalue weighted by molar-refractivity contribution is 6.13. The summed E-state index contributed by atoms with van der Waals surface area (Å²) in [6, 6.07) is 13.5. The van der Waals surface area contributed by atoms with E-state index in [1.807, 2.05) is 0 Å². The molecule has 3 rings (SSSR count). The molecule has 168 valence electrons. The van der Waals surface area contributed by atoms with E-state index in [2.05, 4.69) is 33.6 Å². The van der Waals surface area contributed by atoms with E-state index in [-0.39, 0.29) is 17.7 Å². The minimum Gasteiger partial charge on any atom is -0.404 e. The van der Waals surface area contributed by atoms with Crippen molar-refractivity contribution < 1.29 is 14.0 Å². The molecule has 5 N–H and O–H groups in total. The van der Waals surface area contributed by atoms with Crippen molar-refractivity contribution in [2.45, 2.75) is 24.9 Å². The maximum Gasteiger partial charge on any atom is 0.255 e. The number of hydrogen-bond donors (Lipinski definition) is 4. The number of rotatable bonds is 9. The molecule has 0 aliphatic heterocycles. The average Bonchev–Trinajstić information content (AvgIpc) is 3.60. The van der Waals surface area contributed by atoms with Crippen LogP contribution in [0.4, 0.5) is 15.8 Å². The predicted octanol–water partition coefficient (Wildman–Crippen LogP) is 2.76. The van der Waals surface area contributed by atoms with Gasteiger partial charge in [-0.3, -0.25) is 14.6 Å². The van der Waals surface area contributed by atoms with E-state index in [1.54, 1.807) is 36.4 Å². The molecule has 2 aromatic carbocycles. The molecule has 1 fully saturated rings. The summed E-state index contributed by atoms with van der Waals surface area (Å²) in [5, 5.41) is 17.5. The van der Waals surface area contributed by atoms with E-state index < -0.39 is 23.2 Å². The number of halogens is 1. The third kappa shape index (κ3) is 5.62. The van der Waals surface area contributed by atoms with Crippen LogP contribution in [0, 0.1) is 17.1 Å². The quantitative estimate of drug-likeness (QED) is 0.347. The molecular formula is C24H23FN6O2. The molecular weight excluding hydrogens is 423 g/mol. The van der Waals surface area contributed by atoms with Gasteiger partial charge in [-0.2, -0.15) is 5.26 Å². The molecule has 0 spiro atoms. The van der Waals surface area contributed by atoms with Crippen molar-refractivity contribution in [2.75, 3.05) is 5.32 Å². The molecule has 1 aliphatic carbocycles. The third-order valence-corrected chi connectivity index (χ3v) is 5.12. The topological polar surface area (TPSA) is 132 Å². The van der Waals surface area contributed by atoms with Crippen LogP contribution in [0.2, 0.25) is 0 Å². The minimum atomic E-state index is -1.05. The zero-order chi connectivity index (χ0) is 23.8. The standard InChI is InChI=1S/C24H23FN6O2/c1-2-28-14-18(13-27)22(32)31-24(9-10-24)23(33)29-15-17-7-8-19(11-20(17)25)30-21-6-4-3-5-16(21)12-26/h2-8,11,13-14,30H,1,9-10,15,27H2,(H,29,33)(H,31,32)/b18-13+,28-14-. The summed E-state index contributed by atoms with van der Waals surface area (Å²) in [7, 11) is 0. The van der Waals surface area contributed by atoms with Crippen LogP contribution in [-0.2, 0) is 16.1 Å². The molecule has 0 saturated heterocycles. The fourth-order valence-electron chi connectivity index (χ4n) is 3.09. The summed E-state index contributed by atoms with van der Waals surface area (Å²) >= 11 is 0. The number of amides is 2. The number of benzene rings is 2. The van der Waals surface area contributed by atoms with Gasteiger partial charge in [-0.1, -0.05) is 24.8 Å². The number of nitrogens with zero attached hydrogens (tertiary/aromatic N) is 2. The molecule has 0 heterocycles. The molecule has 8 nitrogen and oxygen atoms in total. The number of carbonyl (C=O) groups excluding carboxylic acids is 2. The van der Waals surface area contributed by atoms with Crippen LogP contribution in [0.3, 0.4) is 0 Å². The molecule has 0 unspecified atom stereocenters. The smallest absolute Gasteiger partial charge is 0.255 e. The van der Waals surface area contributed by atoms with Crippen molar-refractivity contribution >= 4 is 29.4 Å². The number of nitrogens with two attached hydrogens (primary N) is 1. The summed E-state index contributed by atoms with van der Waals surface area (Å²) in [4.78, 5) is 28.8. The van der Waals surface area contributed by atoms with Crippen molar-refractivity contribution in [3.8, 4) is 6.07 Å². The lowest BCUT2D eigenvalue weighted by Crippen LogP contribution is -2.49. The molecule has 0 radical (unpaired) electrons. The van der Waals surface area contributed by atoms with E-state index in [1.165, 1.54) is 18.5 Å². The van der Waals surface area contributed by atoms with Crippen molar-refractivity contribution in [1.29, 1.82) is 5.26 Å². The molecule has 1 saturated carbocycles. The van der Waals surface area contributed by atoms with Gasteiger partial charge in [-0.15, -0.1) is 0 Å². The van der Waals surface area contributed by atoms with Crippen molar-refractivity contribution in [1.82, 2.24) is 10.6 Å². The highest BCUT2D eigenvalue weighted by Gasteiger charge is 2.51. The van der Waals surface area contributed by atoms with Gasteiger partial charge in [-0.25, -0.2) is 4.39 Å². The minimum absolute atomic E-state index is 0.0468. The van der Waals surface area contributed by atoms with E-state index >= 15 is 0 Å². The number of nitriles is 1. The molecule has 2 aromatic rings. The first-order valence-corrected chi connectivity index (χ1v) is 10.1. The Labute approximate surface area is 190 Å². The molecule has 9 heteroatoms. The van der Waals surface area contributed by atoms with Gasteiger partial charge in [0.25, 0.3) is 5.91 Å². The Morgan fingerprint density at radius 1 is 1.27 bits per heavy atom. The van der Waals surface area contributed by atoms with Crippen LogP contribution in [0.15, 0.2) is 72.0 Å². The summed E-state index contributed by atoms with van der Waals surface area (Å²) < 4.78 is 14.6. The second-order valence-corrected chi connectivity index (χ2v) is 7.39. The lowest BCUT2D eigenvalue weighted by molar-refractivity contribution is -0.128. The lowest BCUT2D eigenvalue weighted by atomic mass is 10.1. The lowest BCUT2D eigenvalue weighted by Gasteiger charge is -2.18. The highest BCUT2D eigenvalue weighted by Crippen LogP contribution is 2.36. The van der Waals surface area contributed by atoms with E-state index in [4.69, 9.17) is 5.73 Å². The summed E-state index contributed by atoms with van der Waals surface area (Å²) in [5.74, 6) is -1.45. The largest absolute Gasteiger partial charge is 0.404 e. The van der Waals surface area contributed by atoms with E-state index in [9.17, 15) is 19.2 Å². The maximum absolute atomic E-state index is 14.6. The van der Waals surface area contributed by atoms with Gasteiger partial charge in [0.2, 0.25) is 5.91 Å². The average molecular weight is 446 g/mol. The Kier molecular flexibility index (Phi) is 7.20. The molecule has 0 atom stereocenters. The molecule has 0 bridgehead atoms. The van der Waals surface area contributed by atoms with Gasteiger partial charge < -0.3 is 21.7 Å². The van der Waals surface area contributed by atoms with Gasteiger partial charge >= 0.3 is 0 Å². The number of carbonyl (C=O) groups is 2. The summed E-state index contributed by atoms with van der Waals surface area (Å²) in [5.41, 5.74) is 6.25. The first-order valence-electron chi connectivity index (χ1n) is 10.1. The zero-order valence-electron chi connectivity index (χ0n) is 17.8. The molecule has 2 amide bonds. The number of hydrogen-bond acceptors (Lipinski definition) is 6. The first kappa shape index (κ1) is 23.2. The fourth-order valence-corrected chi connectivity index (χ4v) is 3.09. The Balaban J connectivity index is 1.61. The van der Waals surface area contributed by atoms with Crippen LogP contribution >= 0.6 is 0 Å². The Bertz CT molecular complexity index is 1180. The second-order valence-electron chi connectivity index (χ2n) is 7.39. The van der Waals surface area contributed by atoms with Gasteiger partial charge in [0.15, 0.2) is 0 Å². The predicted molar refractivity (Wildman–Crippen MR) is 124 cm³/mol. The monoisotopic (exact) mass is 446 g/mol. The van der Waals surface area contributed by atoms with Crippen LogP contribution in [0.1, 0.15) is 24.0 Å². The number of aliphatic imine (C=N–C) groups is 1. The Morgan fingerprint density at radius 2 is 2.03 bits per heavy atom. The molecule has 1 aliphatic rings. The Morgan fingerprint density at radius 3 is 2.67 bits per heavy atom. The van der Waals surface area contributed by atoms with Gasteiger partial charge in [0.1, 0.15) is 17.4 Å². The third-order valence-electron chi connectivity index (χ3n) is 5.12. The summed E-state index contributed by atoms with van der Waals surface area (Å²) in [6.45, 7) is 3.38. The van der Waals surface area contributed by atoms with Crippen LogP contribution in [0.25, 0.3) is 0 Å². The van der Waals surface area contributed by atoms with Crippen LogP contribution in [-0.4, -0.2) is 23.6 Å². The first-order chi connectivity index (χ1) is 15.9. The van der Waals surface area contributed by atoms with Crippen molar-refractivity contribution in [3.63, 3.8) is 0 Å². The van der Waals surface area contributed by atoms with Gasteiger partial charge in [-0.05, 0) is 37.1 Å². The van der Waals surface area contributed by atoms with E-state index in [0.717, 1.165) is 6.20 Å². The normalized spacial score (nSPS) is 14.2. The number of nitrogens with one attached hydrogen (secondary N) is 3. The van der Waals surface area contributed by atoms with Gasteiger partial charge in [0, 0.05) is 36.4 Å². The van der Waals surface area contributed by atoms with Crippen molar-refractivity contribution in [2.24, 2.45) is 10.7 Å². The van der Waals surface area contributed by atoms with Crippen molar-refractivity contribution in [3.05, 3.63) is 84.0 Å². The maximum atomic E-state index is 14.6. The number of para-hydroxylation sites is 1. The summed E-state index contributed by atoms with van der Waals surface area (Å²) in [6.07, 6.45) is 4.52. The van der Waals surface area contributed by atoms with Crippen LogP contribution < -0.4 is 21.7 Å². The second kappa shape index (κ2) is 10.2. The number of anilines is 2. The fraction of sp³-hybridized carbons (Fsp3) is 0.167. The highest BCUT2D eigenvalue weighted by atomic mass is 19.1. The SMILES string of the molecule is C=C/N=C\C(=C/N)C(=O)NC1(C(=O)NCc2ccc(Nc3ccccc3C#N)cc2F)CC1. The molecule has 0 aromatic heterocycles.